The molecule has 0 bridgehead atoms. The lowest BCUT2D eigenvalue weighted by Gasteiger charge is -2.49. The highest BCUT2D eigenvalue weighted by molar-refractivity contribution is 9.10. The second-order valence-corrected chi connectivity index (χ2v) is 10.6. The minimum absolute atomic E-state index is 0.136. The van der Waals surface area contributed by atoms with Gasteiger partial charge < -0.3 is 9.72 Å². The zero-order chi connectivity index (χ0) is 18.4. The van der Waals surface area contributed by atoms with Gasteiger partial charge in [-0.15, -0.1) is 0 Å². The van der Waals surface area contributed by atoms with Gasteiger partial charge in [0.25, 0.3) is 0 Å². The molecule has 25 heavy (non-hydrogen) atoms. The van der Waals surface area contributed by atoms with Crippen molar-refractivity contribution in [2.75, 3.05) is 6.61 Å². The molecule has 2 aromatic rings. The lowest BCUT2D eigenvalue weighted by Crippen LogP contribution is -2.32. The first-order chi connectivity index (χ1) is 11.8. The van der Waals surface area contributed by atoms with Crippen molar-refractivity contribution in [3.05, 3.63) is 33.9 Å². The third-order valence-corrected chi connectivity index (χ3v) is 8.35. The molecule has 7 heteroatoms. The van der Waals surface area contributed by atoms with Gasteiger partial charge in [0.1, 0.15) is 0 Å². The van der Waals surface area contributed by atoms with Crippen LogP contribution in [0.25, 0.3) is 10.9 Å². The third-order valence-electron chi connectivity index (χ3n) is 5.14. The number of halogens is 1. The molecule has 2 unspecified atom stereocenters. The molecular weight excluding hydrogens is 406 g/mol. The average molecular weight is 430 g/mol. The molecule has 1 aromatic carbocycles. The molecule has 1 aliphatic heterocycles. The summed E-state index contributed by atoms with van der Waals surface area (Å²) in [6, 6.07) is 3.77. The van der Waals surface area contributed by atoms with Crippen LogP contribution < -0.4 is 0 Å². The Labute approximate surface area is 157 Å². The minimum Gasteiger partial charge on any atom is -0.462 e. The highest BCUT2D eigenvalue weighted by atomic mass is 79.9. The van der Waals surface area contributed by atoms with Crippen molar-refractivity contribution in [2.45, 2.75) is 50.0 Å². The highest BCUT2D eigenvalue weighted by Crippen LogP contribution is 2.58. The summed E-state index contributed by atoms with van der Waals surface area (Å²) in [6.45, 7) is 5.94. The fourth-order valence-corrected chi connectivity index (χ4v) is 6.04. The molecule has 2 atom stereocenters. The number of benzene rings is 1. The monoisotopic (exact) mass is 429 g/mol. The molecule has 1 aromatic heterocycles. The van der Waals surface area contributed by atoms with Gasteiger partial charge in [-0.1, -0.05) is 15.9 Å². The maximum Gasteiger partial charge on any atom is 0.340 e. The molecule has 0 amide bonds. The van der Waals surface area contributed by atoms with E-state index in [-0.39, 0.29) is 22.4 Å². The summed E-state index contributed by atoms with van der Waals surface area (Å²) < 4.78 is 26.6. The number of ether oxygens (including phenoxy) is 1. The molecule has 1 aliphatic rings. The lowest BCUT2D eigenvalue weighted by atomic mass is 9.89. The minimum atomic E-state index is -2.55. The van der Waals surface area contributed by atoms with Crippen LogP contribution in [0.3, 0.4) is 0 Å². The van der Waals surface area contributed by atoms with Crippen molar-refractivity contribution in [2.24, 2.45) is 0 Å². The number of aromatic nitrogens is 1. The van der Waals surface area contributed by atoms with Gasteiger partial charge in [0, 0.05) is 26.6 Å². The molecule has 3 rings (SSSR count). The number of H-pyrrole nitrogens is 1. The number of fused-ring (bicyclic) bond motifs is 1. The fourth-order valence-electron chi connectivity index (χ4n) is 3.76. The predicted molar refractivity (Wildman–Crippen MR) is 106 cm³/mol. The molecule has 0 saturated carbocycles. The van der Waals surface area contributed by atoms with Crippen LogP contribution in [-0.4, -0.2) is 37.2 Å². The number of hydrogen-bond donors (Lipinski definition) is 3. The molecule has 5 nitrogen and oxygen atoms in total. The summed E-state index contributed by atoms with van der Waals surface area (Å²) in [5, 5.41) is 0.714. The van der Waals surface area contributed by atoms with Crippen molar-refractivity contribution in [1.29, 1.82) is 0 Å². The van der Waals surface area contributed by atoms with E-state index in [0.29, 0.717) is 12.2 Å². The molecule has 138 valence electrons. The van der Waals surface area contributed by atoms with Gasteiger partial charge in [-0.05, 0) is 57.2 Å². The van der Waals surface area contributed by atoms with Crippen LogP contribution in [0.4, 0.5) is 0 Å². The van der Waals surface area contributed by atoms with Crippen LogP contribution in [-0.2, 0) is 4.74 Å². The number of rotatable bonds is 3. The maximum atomic E-state index is 12.3. The molecule has 0 aliphatic carbocycles. The maximum absolute atomic E-state index is 12.3. The summed E-state index contributed by atoms with van der Waals surface area (Å²) in [5.74, 6) is -0.121. The van der Waals surface area contributed by atoms with Gasteiger partial charge in [0.15, 0.2) is 0 Å². The second kappa shape index (κ2) is 6.95. The van der Waals surface area contributed by atoms with E-state index in [1.807, 2.05) is 26.1 Å². The van der Waals surface area contributed by atoms with E-state index in [1.54, 1.807) is 13.0 Å². The normalized spacial score (nSPS) is 27.2. The van der Waals surface area contributed by atoms with Gasteiger partial charge in [-0.2, -0.15) is 10.6 Å². The Kier molecular flexibility index (Phi) is 5.21. The van der Waals surface area contributed by atoms with Gasteiger partial charge in [0.05, 0.1) is 17.7 Å². The fraction of sp³-hybridized carbons (Fsp3) is 0.500. The van der Waals surface area contributed by atoms with Crippen LogP contribution in [0.2, 0.25) is 0 Å². The number of nitrogens with one attached hydrogen (secondary N) is 1. The van der Waals surface area contributed by atoms with Crippen LogP contribution in [0, 0.1) is 0 Å². The Morgan fingerprint density at radius 3 is 2.56 bits per heavy atom. The molecule has 0 radical (unpaired) electrons. The zero-order valence-electron chi connectivity index (χ0n) is 14.6. The van der Waals surface area contributed by atoms with Gasteiger partial charge in [-0.25, -0.2) is 4.79 Å². The Morgan fingerprint density at radius 2 is 1.96 bits per heavy atom. The first-order valence-electron chi connectivity index (χ1n) is 8.49. The molecular formula is C18H24BrNO4S. The van der Waals surface area contributed by atoms with E-state index >= 15 is 0 Å². The van der Waals surface area contributed by atoms with Crippen molar-refractivity contribution in [3.63, 3.8) is 0 Å². The first kappa shape index (κ1) is 18.8. The lowest BCUT2D eigenvalue weighted by molar-refractivity contribution is 0.0528. The Bertz CT molecular complexity index is 790. The summed E-state index contributed by atoms with van der Waals surface area (Å²) in [7, 11) is -2.55. The molecule has 0 spiro atoms. The topological polar surface area (TPSA) is 82.6 Å². The first-order valence-corrected chi connectivity index (χ1v) is 11.0. The largest absolute Gasteiger partial charge is 0.462 e. The quantitative estimate of drug-likeness (QED) is 0.561. The standard InChI is InChI=1S/C18H24BrNO4S/c1-4-24-18(21)15-8-13(19)7-14-16(9-20-17(14)15)12-5-10(2)25(22,23)11(3)6-12/h7-12,20,22-23H,4-6H2,1-3H3. The van der Waals surface area contributed by atoms with Crippen LogP contribution in [0.5, 0.6) is 0 Å². The summed E-state index contributed by atoms with van der Waals surface area (Å²) in [6.07, 6.45) is 3.39. The summed E-state index contributed by atoms with van der Waals surface area (Å²) in [5.41, 5.74) is 2.41. The van der Waals surface area contributed by atoms with E-state index in [4.69, 9.17) is 4.74 Å². The highest BCUT2D eigenvalue weighted by Gasteiger charge is 2.38. The van der Waals surface area contributed by atoms with Crippen LogP contribution >= 0.6 is 26.5 Å². The molecule has 3 N–H and O–H groups in total. The summed E-state index contributed by atoms with van der Waals surface area (Å²) >= 11 is 3.49. The SMILES string of the molecule is CCOC(=O)c1cc(Br)cc2c(C3CC(C)S(O)(O)C(C)C3)c[nH]c12. The van der Waals surface area contributed by atoms with E-state index in [1.165, 1.54) is 0 Å². The molecule has 2 heterocycles. The van der Waals surface area contributed by atoms with Crippen LogP contribution in [0.15, 0.2) is 22.8 Å². The number of aromatic amines is 1. The second-order valence-electron chi connectivity index (χ2n) is 6.77. The van der Waals surface area contributed by atoms with Crippen LogP contribution in [0.1, 0.15) is 55.5 Å². The Balaban J connectivity index is 2.03. The third kappa shape index (κ3) is 3.35. The van der Waals surface area contributed by atoms with E-state index in [9.17, 15) is 13.9 Å². The Hall–Kier alpha value is -1.02. The van der Waals surface area contributed by atoms with Crippen molar-refractivity contribution in [3.8, 4) is 0 Å². The van der Waals surface area contributed by atoms with Gasteiger partial charge in [-0.3, -0.25) is 9.11 Å². The van der Waals surface area contributed by atoms with Gasteiger partial charge >= 0.3 is 5.97 Å². The smallest absolute Gasteiger partial charge is 0.340 e. The summed E-state index contributed by atoms with van der Waals surface area (Å²) in [4.78, 5) is 15.5. The van der Waals surface area contributed by atoms with Crippen molar-refractivity contribution < 1.29 is 18.6 Å². The number of hydrogen-bond acceptors (Lipinski definition) is 4. The molecule has 1 saturated heterocycles. The predicted octanol–water partition coefficient (Wildman–Crippen LogP) is 5.51. The van der Waals surface area contributed by atoms with E-state index in [0.717, 1.165) is 33.8 Å². The number of carbonyl (C=O) groups excluding carboxylic acids is 1. The van der Waals surface area contributed by atoms with Gasteiger partial charge in [0.2, 0.25) is 0 Å². The average Bonchev–Trinajstić information content (AvgIpc) is 2.95. The van der Waals surface area contributed by atoms with Crippen molar-refractivity contribution >= 4 is 43.4 Å². The Morgan fingerprint density at radius 1 is 1.32 bits per heavy atom. The van der Waals surface area contributed by atoms with Crippen molar-refractivity contribution in [1.82, 2.24) is 4.98 Å². The molecule has 1 fully saturated rings. The number of esters is 1. The van der Waals surface area contributed by atoms with E-state index in [2.05, 4.69) is 20.9 Å². The van der Waals surface area contributed by atoms with E-state index < -0.39 is 10.6 Å². The number of carbonyl (C=O) groups is 1. The zero-order valence-corrected chi connectivity index (χ0v) is 17.0.